The smallest absolute Gasteiger partial charge is 0.302 e. The summed E-state index contributed by atoms with van der Waals surface area (Å²) in [5, 5.41) is 8.79. The van der Waals surface area contributed by atoms with Crippen molar-refractivity contribution in [2.75, 3.05) is 11.1 Å². The van der Waals surface area contributed by atoms with E-state index in [-0.39, 0.29) is 28.4 Å². The molecule has 0 saturated carbocycles. The van der Waals surface area contributed by atoms with Crippen molar-refractivity contribution in [1.82, 2.24) is 10.3 Å². The maximum absolute atomic E-state index is 12.4. The minimum absolute atomic E-state index is 0.0319. The minimum atomic E-state index is -0.837. The highest BCUT2D eigenvalue weighted by Crippen LogP contribution is 2.15. The van der Waals surface area contributed by atoms with Crippen LogP contribution in [0.5, 0.6) is 0 Å². The molecule has 148 valence electrons. The number of rotatable bonds is 4. The van der Waals surface area contributed by atoms with E-state index < -0.39 is 17.7 Å². The summed E-state index contributed by atoms with van der Waals surface area (Å²) >= 11 is 3.33. The number of nitrogens with zero attached hydrogens (tertiary/aromatic N) is 4. The number of carbonyl (C=O) groups is 4. The highest BCUT2D eigenvalue weighted by Gasteiger charge is 2.27. The summed E-state index contributed by atoms with van der Waals surface area (Å²) in [5.74, 6) is -2.61. The number of amidine groups is 2. The molecule has 2 N–H and O–H groups in total. The lowest BCUT2D eigenvalue weighted by molar-refractivity contribution is -0.117. The summed E-state index contributed by atoms with van der Waals surface area (Å²) in [6.07, 6.45) is 1.56. The number of carbonyl (C=O) groups excluding carboxylic acids is 4. The van der Waals surface area contributed by atoms with Crippen LogP contribution in [-0.2, 0) is 14.4 Å². The van der Waals surface area contributed by atoms with Crippen molar-refractivity contribution in [1.29, 1.82) is 0 Å². The van der Waals surface area contributed by atoms with Gasteiger partial charge in [-0.3, -0.25) is 19.2 Å². The Bertz CT molecular complexity index is 1040. The number of hydrogen-bond acceptors (Lipinski definition) is 9. The van der Waals surface area contributed by atoms with Crippen molar-refractivity contribution in [3.05, 3.63) is 34.0 Å². The van der Waals surface area contributed by atoms with Crippen LogP contribution in [-0.4, -0.2) is 51.1 Å². The summed E-state index contributed by atoms with van der Waals surface area (Å²) < 4.78 is 0. The second kappa shape index (κ2) is 9.45. The third-order valence-corrected chi connectivity index (χ3v) is 5.48. The van der Waals surface area contributed by atoms with E-state index in [0.29, 0.717) is 10.0 Å². The molecule has 3 heterocycles. The van der Waals surface area contributed by atoms with Crippen LogP contribution in [0.2, 0.25) is 0 Å². The molecular formula is C16H12N6O4S3. The Morgan fingerprint density at radius 3 is 2.66 bits per heavy atom. The zero-order valence-corrected chi connectivity index (χ0v) is 17.2. The molecule has 0 bridgehead atoms. The first-order valence-electron chi connectivity index (χ1n) is 7.90. The van der Waals surface area contributed by atoms with E-state index in [1.54, 1.807) is 29.1 Å². The zero-order chi connectivity index (χ0) is 20.8. The van der Waals surface area contributed by atoms with Crippen molar-refractivity contribution in [2.24, 2.45) is 15.0 Å². The topological polar surface area (TPSA) is 142 Å². The predicted octanol–water partition coefficient (Wildman–Crippen LogP) is 1.59. The fourth-order valence-electron chi connectivity index (χ4n) is 1.96. The number of thiophene rings is 1. The van der Waals surface area contributed by atoms with Crippen molar-refractivity contribution in [2.45, 2.75) is 6.92 Å². The van der Waals surface area contributed by atoms with E-state index in [4.69, 9.17) is 0 Å². The number of anilines is 1. The molecule has 2 aromatic heterocycles. The fraction of sp³-hybridized carbons (Fsp3) is 0.125. The van der Waals surface area contributed by atoms with E-state index in [1.165, 1.54) is 29.6 Å². The van der Waals surface area contributed by atoms with Gasteiger partial charge >= 0.3 is 5.91 Å². The van der Waals surface area contributed by atoms with Gasteiger partial charge in [0.05, 0.1) is 10.6 Å². The van der Waals surface area contributed by atoms with Gasteiger partial charge < -0.3 is 10.6 Å². The lowest BCUT2D eigenvalue weighted by Gasteiger charge is -2.13. The van der Waals surface area contributed by atoms with Crippen LogP contribution in [0.15, 0.2) is 44.1 Å². The molecule has 0 atom stereocenters. The van der Waals surface area contributed by atoms with Crippen LogP contribution in [0.3, 0.4) is 0 Å². The Balaban J connectivity index is 1.74. The largest absolute Gasteiger partial charge is 0.309 e. The summed E-state index contributed by atoms with van der Waals surface area (Å²) in [6.45, 7) is 1.23. The molecule has 1 aliphatic heterocycles. The van der Waals surface area contributed by atoms with Crippen molar-refractivity contribution >= 4 is 79.9 Å². The van der Waals surface area contributed by atoms with Crippen LogP contribution >= 0.6 is 34.4 Å². The molecule has 3 rings (SSSR count). The third-order valence-electron chi connectivity index (χ3n) is 3.08. The predicted molar refractivity (Wildman–Crippen MR) is 113 cm³/mol. The number of thioether (sulfide) groups is 1. The van der Waals surface area contributed by atoms with Crippen LogP contribution in [0, 0.1) is 0 Å². The summed E-state index contributed by atoms with van der Waals surface area (Å²) in [7, 11) is 0. The van der Waals surface area contributed by atoms with Gasteiger partial charge in [0.1, 0.15) is 0 Å². The molecule has 10 nitrogen and oxygen atoms in total. The van der Waals surface area contributed by atoms with Gasteiger partial charge in [0.25, 0.3) is 5.91 Å². The summed E-state index contributed by atoms with van der Waals surface area (Å²) in [6, 6.07) is 3.23. The monoisotopic (exact) mass is 448 g/mol. The molecule has 0 radical (unpaired) electrons. The Morgan fingerprint density at radius 1 is 1.17 bits per heavy atom. The molecule has 1 aliphatic rings. The maximum atomic E-state index is 12.4. The van der Waals surface area contributed by atoms with Crippen LogP contribution in [0.1, 0.15) is 16.6 Å². The molecule has 4 amide bonds. The first-order valence-corrected chi connectivity index (χ1v) is 10.6. The molecule has 0 unspecified atom stereocenters. The summed E-state index contributed by atoms with van der Waals surface area (Å²) in [4.78, 5) is 63.8. The van der Waals surface area contributed by atoms with Gasteiger partial charge in [-0.2, -0.15) is 9.98 Å². The van der Waals surface area contributed by atoms with E-state index in [2.05, 4.69) is 30.6 Å². The maximum Gasteiger partial charge on any atom is 0.302 e. The Hall–Kier alpha value is -3.03. The van der Waals surface area contributed by atoms with Gasteiger partial charge in [-0.05, 0) is 11.4 Å². The van der Waals surface area contributed by atoms with Gasteiger partial charge in [0, 0.05) is 18.5 Å². The molecule has 13 heteroatoms. The van der Waals surface area contributed by atoms with Gasteiger partial charge in [-0.25, -0.2) is 9.98 Å². The van der Waals surface area contributed by atoms with Gasteiger partial charge in [0.15, 0.2) is 21.8 Å². The van der Waals surface area contributed by atoms with E-state index in [1.807, 2.05) is 0 Å². The molecule has 0 aromatic carbocycles. The Kier molecular flexibility index (Phi) is 6.74. The lowest BCUT2D eigenvalue weighted by atomic mass is 10.3. The minimum Gasteiger partial charge on any atom is -0.309 e. The molecule has 2 aromatic rings. The Morgan fingerprint density at radius 2 is 2.00 bits per heavy atom. The first-order chi connectivity index (χ1) is 13.9. The number of aromatic nitrogens is 1. The average Bonchev–Trinajstić information content (AvgIpc) is 3.36. The van der Waals surface area contributed by atoms with E-state index in [0.717, 1.165) is 11.8 Å². The second-order valence-corrected chi connectivity index (χ2v) is 8.04. The molecule has 0 fully saturated rings. The zero-order valence-electron chi connectivity index (χ0n) is 14.7. The molecule has 0 saturated heterocycles. The molecule has 0 aliphatic carbocycles. The number of aliphatic imine (C=N–C) groups is 3. The second-order valence-electron chi connectivity index (χ2n) is 5.26. The average molecular weight is 449 g/mol. The SMILES string of the molecule is CC(=O)NC1=NC(SCC(=O)Nc2nccs2)=NC(=O)C1=NC(=O)c1cccs1. The van der Waals surface area contributed by atoms with Crippen LogP contribution in [0.25, 0.3) is 0 Å². The van der Waals surface area contributed by atoms with Crippen LogP contribution < -0.4 is 10.6 Å². The standard InChI is InChI=1S/C16H12N6O4S3/c1-8(23)18-12-11(20-13(25)9-3-2-5-27-9)14(26)22-16(21-12)29-7-10(24)19-15-17-4-6-28-15/h2-6H,7H2,1H3,(H,17,19,24)(H,18,21,22,23,26). The Labute approximate surface area is 176 Å². The highest BCUT2D eigenvalue weighted by molar-refractivity contribution is 8.14. The van der Waals surface area contributed by atoms with Crippen molar-refractivity contribution in [3.63, 3.8) is 0 Å². The van der Waals surface area contributed by atoms with Crippen molar-refractivity contribution in [3.8, 4) is 0 Å². The number of amides is 4. The number of nitrogens with one attached hydrogen (secondary N) is 2. The van der Waals surface area contributed by atoms with Gasteiger partial charge in [-0.1, -0.05) is 17.8 Å². The number of hydrogen-bond donors (Lipinski definition) is 2. The third kappa shape index (κ3) is 5.73. The summed E-state index contributed by atoms with van der Waals surface area (Å²) in [5.41, 5.74) is -0.366. The fourth-order valence-corrected chi connectivity index (χ4v) is 3.75. The molecule has 0 spiro atoms. The molecule has 29 heavy (non-hydrogen) atoms. The number of thiazole rings is 1. The van der Waals surface area contributed by atoms with E-state index in [9.17, 15) is 19.2 Å². The highest BCUT2D eigenvalue weighted by atomic mass is 32.2. The normalized spacial score (nSPS) is 14.9. The van der Waals surface area contributed by atoms with Gasteiger partial charge in [0.2, 0.25) is 11.8 Å². The van der Waals surface area contributed by atoms with Crippen molar-refractivity contribution < 1.29 is 19.2 Å². The van der Waals surface area contributed by atoms with Crippen LogP contribution in [0.4, 0.5) is 5.13 Å². The molecular weight excluding hydrogens is 436 g/mol. The van der Waals surface area contributed by atoms with E-state index >= 15 is 0 Å². The van der Waals surface area contributed by atoms with Gasteiger partial charge in [-0.15, -0.1) is 22.7 Å². The lowest BCUT2D eigenvalue weighted by Crippen LogP contribution is -2.41. The quantitative estimate of drug-likeness (QED) is 0.727. The first kappa shape index (κ1) is 20.7.